The smallest absolute Gasteiger partial charge is 0.254 e. The van der Waals surface area contributed by atoms with E-state index in [4.69, 9.17) is 13.9 Å². The van der Waals surface area contributed by atoms with Gasteiger partial charge in [-0.25, -0.2) is 0 Å². The van der Waals surface area contributed by atoms with Gasteiger partial charge in [0.1, 0.15) is 5.58 Å². The number of morpholine rings is 2. The fourth-order valence-electron chi connectivity index (χ4n) is 4.22. The highest BCUT2D eigenvalue weighted by Crippen LogP contribution is 2.32. The number of carbonyl (C=O) groups excluding carboxylic acids is 1. The number of hydrogen-bond donors (Lipinski definition) is 1. The molecule has 1 unspecified atom stereocenters. The van der Waals surface area contributed by atoms with Gasteiger partial charge in [0.15, 0.2) is 11.3 Å². The van der Waals surface area contributed by atoms with Crippen molar-refractivity contribution >= 4 is 22.8 Å². The zero-order valence-corrected chi connectivity index (χ0v) is 16.8. The van der Waals surface area contributed by atoms with E-state index in [1.54, 1.807) is 11.0 Å². The van der Waals surface area contributed by atoms with Crippen LogP contribution in [0, 0.1) is 0 Å². The van der Waals surface area contributed by atoms with E-state index < -0.39 is 0 Å². The summed E-state index contributed by atoms with van der Waals surface area (Å²) >= 11 is 0. The van der Waals surface area contributed by atoms with Gasteiger partial charge in [-0.1, -0.05) is 6.08 Å². The summed E-state index contributed by atoms with van der Waals surface area (Å²) in [6.45, 7) is 4.75. The van der Waals surface area contributed by atoms with Crippen LogP contribution in [0.5, 0.6) is 0 Å². The van der Waals surface area contributed by atoms with Crippen LogP contribution in [-0.4, -0.2) is 63.4 Å². The number of nitrogens with zero attached hydrogens (tertiary/aromatic N) is 2. The van der Waals surface area contributed by atoms with Gasteiger partial charge in [0.05, 0.1) is 37.9 Å². The van der Waals surface area contributed by atoms with E-state index in [9.17, 15) is 9.59 Å². The second-order valence-electron chi connectivity index (χ2n) is 7.75. The first kappa shape index (κ1) is 19.1. The third-order valence-corrected chi connectivity index (χ3v) is 5.87. The molecule has 0 radical (unpaired) electrons. The zero-order valence-electron chi connectivity index (χ0n) is 16.8. The quantitative estimate of drug-likeness (QED) is 0.822. The summed E-state index contributed by atoms with van der Waals surface area (Å²) < 4.78 is 17.0. The van der Waals surface area contributed by atoms with Crippen LogP contribution in [0.15, 0.2) is 39.7 Å². The molecule has 1 aromatic carbocycles. The highest BCUT2D eigenvalue weighted by molar-refractivity contribution is 5.99. The number of carbonyl (C=O) groups is 1. The highest BCUT2D eigenvalue weighted by Gasteiger charge is 2.25. The summed E-state index contributed by atoms with van der Waals surface area (Å²) in [5.74, 6) is 0.472. The number of benzene rings is 1. The molecule has 1 N–H and O–H groups in total. The summed E-state index contributed by atoms with van der Waals surface area (Å²) in [5.41, 5.74) is 1.76. The largest absolute Gasteiger partial charge is 0.440 e. The number of ether oxygens (including phenoxy) is 2. The molecular formula is C22H25N3O5. The molecule has 5 rings (SSSR count). The van der Waals surface area contributed by atoms with Crippen molar-refractivity contribution in [3.05, 3.63) is 51.8 Å². The van der Waals surface area contributed by atoms with Gasteiger partial charge in [0.25, 0.3) is 5.91 Å². The molecule has 158 valence electrons. The SMILES string of the molecule is O=C(c1cc(C2CC=CN2)c2oc(N3CCOCC3)cc(=O)c2c1)N1CCOCC1. The Morgan fingerprint density at radius 2 is 1.73 bits per heavy atom. The highest BCUT2D eigenvalue weighted by atomic mass is 16.5. The summed E-state index contributed by atoms with van der Waals surface area (Å²) in [6, 6.07) is 5.04. The van der Waals surface area contributed by atoms with E-state index in [1.807, 2.05) is 23.2 Å². The van der Waals surface area contributed by atoms with Gasteiger partial charge in [-0.15, -0.1) is 0 Å². The van der Waals surface area contributed by atoms with Crippen LogP contribution >= 0.6 is 0 Å². The average Bonchev–Trinajstić information content (AvgIpc) is 3.34. The Morgan fingerprint density at radius 1 is 1.00 bits per heavy atom. The van der Waals surface area contributed by atoms with Crippen molar-refractivity contribution < 1.29 is 18.7 Å². The average molecular weight is 411 g/mol. The van der Waals surface area contributed by atoms with E-state index in [-0.39, 0.29) is 17.4 Å². The van der Waals surface area contributed by atoms with Gasteiger partial charge in [-0.05, 0) is 24.8 Å². The van der Waals surface area contributed by atoms with Gasteiger partial charge in [0, 0.05) is 43.4 Å². The molecule has 3 aliphatic heterocycles. The predicted octanol–water partition coefficient (Wildman–Crippen LogP) is 1.65. The lowest BCUT2D eigenvalue weighted by Gasteiger charge is -2.28. The first-order valence-electron chi connectivity index (χ1n) is 10.4. The molecule has 8 nitrogen and oxygen atoms in total. The van der Waals surface area contributed by atoms with Gasteiger partial charge < -0.3 is 29.0 Å². The third kappa shape index (κ3) is 3.57. The Hall–Kier alpha value is -2.84. The van der Waals surface area contributed by atoms with E-state index in [0.717, 1.165) is 12.0 Å². The lowest BCUT2D eigenvalue weighted by Crippen LogP contribution is -2.40. The minimum Gasteiger partial charge on any atom is -0.440 e. The van der Waals surface area contributed by atoms with Gasteiger partial charge in [0.2, 0.25) is 0 Å². The van der Waals surface area contributed by atoms with Crippen LogP contribution in [-0.2, 0) is 9.47 Å². The van der Waals surface area contributed by atoms with Crippen LogP contribution < -0.4 is 15.6 Å². The number of amides is 1. The summed E-state index contributed by atoms with van der Waals surface area (Å²) in [5, 5.41) is 3.75. The fraction of sp³-hybridized carbons (Fsp3) is 0.455. The molecule has 2 aromatic rings. The van der Waals surface area contributed by atoms with Crippen molar-refractivity contribution in [2.75, 3.05) is 57.5 Å². The molecular weight excluding hydrogens is 386 g/mol. The summed E-state index contributed by atoms with van der Waals surface area (Å²) in [7, 11) is 0. The van der Waals surface area contributed by atoms with Crippen molar-refractivity contribution in [1.82, 2.24) is 10.2 Å². The van der Waals surface area contributed by atoms with Crippen molar-refractivity contribution in [2.45, 2.75) is 12.5 Å². The fourth-order valence-corrected chi connectivity index (χ4v) is 4.22. The number of rotatable bonds is 3. The molecule has 30 heavy (non-hydrogen) atoms. The second-order valence-corrected chi connectivity index (χ2v) is 7.75. The Bertz CT molecular complexity index is 1030. The van der Waals surface area contributed by atoms with Gasteiger partial charge >= 0.3 is 0 Å². The lowest BCUT2D eigenvalue weighted by molar-refractivity contribution is 0.0303. The van der Waals surface area contributed by atoms with E-state index in [2.05, 4.69) is 5.32 Å². The Kier molecular flexibility index (Phi) is 5.18. The molecule has 0 saturated carbocycles. The summed E-state index contributed by atoms with van der Waals surface area (Å²) in [4.78, 5) is 30.0. The maximum absolute atomic E-state index is 13.1. The Labute approximate surface area is 174 Å². The molecule has 0 bridgehead atoms. The van der Waals surface area contributed by atoms with Gasteiger partial charge in [-0.2, -0.15) is 0 Å². The van der Waals surface area contributed by atoms with Crippen LogP contribution in [0.2, 0.25) is 0 Å². The topological polar surface area (TPSA) is 84.2 Å². The Balaban J connectivity index is 1.61. The molecule has 0 aliphatic carbocycles. The maximum atomic E-state index is 13.1. The number of hydrogen-bond acceptors (Lipinski definition) is 7. The monoisotopic (exact) mass is 411 g/mol. The number of anilines is 1. The van der Waals surface area contributed by atoms with Crippen molar-refractivity contribution in [2.24, 2.45) is 0 Å². The van der Waals surface area contributed by atoms with Crippen LogP contribution in [0.4, 0.5) is 5.88 Å². The molecule has 3 aliphatic rings. The second kappa shape index (κ2) is 8.12. The molecule has 2 saturated heterocycles. The van der Waals surface area contributed by atoms with Gasteiger partial charge in [-0.3, -0.25) is 9.59 Å². The van der Waals surface area contributed by atoms with Crippen LogP contribution in [0.25, 0.3) is 11.0 Å². The van der Waals surface area contributed by atoms with E-state index in [0.29, 0.717) is 75.0 Å². The first-order valence-corrected chi connectivity index (χ1v) is 10.4. The molecule has 4 heterocycles. The standard InChI is InChI=1S/C22H25N3O5/c26-19-14-20(24-4-8-28-9-5-24)30-21-16(18-2-1-3-23-18)12-15(13-17(19)21)22(27)25-6-10-29-11-7-25/h1,3,12-14,18,23H,2,4-11H2. The molecule has 0 spiro atoms. The molecule has 8 heteroatoms. The Morgan fingerprint density at radius 3 is 2.43 bits per heavy atom. The first-order chi connectivity index (χ1) is 14.7. The molecule has 1 amide bonds. The third-order valence-electron chi connectivity index (χ3n) is 5.87. The maximum Gasteiger partial charge on any atom is 0.254 e. The van der Waals surface area contributed by atoms with Crippen molar-refractivity contribution in [3.8, 4) is 0 Å². The molecule has 2 fully saturated rings. The van der Waals surface area contributed by atoms with E-state index >= 15 is 0 Å². The predicted molar refractivity (Wildman–Crippen MR) is 112 cm³/mol. The van der Waals surface area contributed by atoms with Crippen molar-refractivity contribution in [3.63, 3.8) is 0 Å². The number of fused-ring (bicyclic) bond motifs is 1. The van der Waals surface area contributed by atoms with Crippen LogP contribution in [0.3, 0.4) is 0 Å². The van der Waals surface area contributed by atoms with Crippen molar-refractivity contribution in [1.29, 1.82) is 0 Å². The zero-order chi connectivity index (χ0) is 20.5. The van der Waals surface area contributed by atoms with E-state index in [1.165, 1.54) is 6.07 Å². The number of nitrogens with one attached hydrogen (secondary N) is 1. The molecule has 1 aromatic heterocycles. The minimum absolute atomic E-state index is 0.0342. The lowest BCUT2D eigenvalue weighted by atomic mass is 9.98. The normalized spacial score (nSPS) is 21.8. The van der Waals surface area contributed by atoms with Crippen LogP contribution in [0.1, 0.15) is 28.4 Å². The summed E-state index contributed by atoms with van der Waals surface area (Å²) in [6.07, 6.45) is 4.71. The molecule has 1 atom stereocenters. The minimum atomic E-state index is -0.137.